The summed E-state index contributed by atoms with van der Waals surface area (Å²) in [5.41, 5.74) is 0.420. The van der Waals surface area contributed by atoms with E-state index in [0.717, 1.165) is 6.26 Å². The van der Waals surface area contributed by atoms with Crippen molar-refractivity contribution in [1.29, 1.82) is 0 Å². The smallest absolute Gasteiger partial charge is 0.239 e. The van der Waals surface area contributed by atoms with Gasteiger partial charge in [-0.15, -0.1) is 11.6 Å². The molecule has 0 saturated heterocycles. The van der Waals surface area contributed by atoms with Gasteiger partial charge in [0.15, 0.2) is 9.84 Å². The highest BCUT2D eigenvalue weighted by Gasteiger charge is 2.08. The van der Waals surface area contributed by atoms with E-state index in [1.807, 2.05) is 0 Å². The van der Waals surface area contributed by atoms with Crippen LogP contribution in [-0.4, -0.2) is 26.5 Å². The summed E-state index contributed by atoms with van der Waals surface area (Å²) in [5.74, 6) is -0.536. The van der Waals surface area contributed by atoms with E-state index in [0.29, 0.717) is 5.69 Å². The number of halogens is 1. The van der Waals surface area contributed by atoms with E-state index in [2.05, 4.69) is 5.32 Å². The Morgan fingerprint density at radius 3 is 2.67 bits per heavy atom. The second-order valence-corrected chi connectivity index (χ2v) is 5.26. The highest BCUT2D eigenvalue weighted by Crippen LogP contribution is 2.15. The summed E-state index contributed by atoms with van der Waals surface area (Å²) in [7, 11) is -3.25. The summed E-state index contributed by atoms with van der Waals surface area (Å²) in [6, 6.07) is 6.00. The molecule has 1 amide bonds. The SMILES string of the molecule is CS(=O)(=O)c1cccc(NC(=O)CCl)c1. The maximum Gasteiger partial charge on any atom is 0.239 e. The van der Waals surface area contributed by atoms with Gasteiger partial charge in [0.25, 0.3) is 0 Å². The average molecular weight is 248 g/mol. The third-order valence-corrected chi connectivity index (χ3v) is 3.02. The van der Waals surface area contributed by atoms with Crippen LogP contribution in [0, 0.1) is 0 Å². The Morgan fingerprint density at radius 2 is 2.13 bits per heavy atom. The van der Waals surface area contributed by atoms with E-state index in [1.54, 1.807) is 12.1 Å². The van der Waals surface area contributed by atoms with Crippen LogP contribution in [0.15, 0.2) is 29.2 Å². The second kappa shape index (κ2) is 4.63. The van der Waals surface area contributed by atoms with Crippen molar-refractivity contribution >= 4 is 33.0 Å². The summed E-state index contributed by atoms with van der Waals surface area (Å²) in [4.78, 5) is 11.1. The molecular formula is C9H10ClNO3S. The van der Waals surface area contributed by atoms with Gasteiger partial charge in [0.05, 0.1) is 4.90 Å². The number of benzene rings is 1. The van der Waals surface area contributed by atoms with Crippen molar-refractivity contribution in [2.75, 3.05) is 17.5 Å². The van der Waals surface area contributed by atoms with Gasteiger partial charge in [-0.2, -0.15) is 0 Å². The number of rotatable bonds is 3. The molecule has 15 heavy (non-hydrogen) atoms. The fourth-order valence-corrected chi connectivity index (χ4v) is 1.73. The minimum absolute atomic E-state index is 0.162. The lowest BCUT2D eigenvalue weighted by atomic mass is 10.3. The number of alkyl halides is 1. The van der Waals surface area contributed by atoms with E-state index < -0.39 is 9.84 Å². The first-order valence-electron chi connectivity index (χ1n) is 4.09. The van der Waals surface area contributed by atoms with Crippen molar-refractivity contribution in [3.63, 3.8) is 0 Å². The molecule has 0 heterocycles. The summed E-state index contributed by atoms with van der Waals surface area (Å²) >= 11 is 5.30. The Kier molecular flexibility index (Phi) is 3.71. The quantitative estimate of drug-likeness (QED) is 0.818. The molecule has 0 fully saturated rings. The van der Waals surface area contributed by atoms with E-state index in [-0.39, 0.29) is 16.7 Å². The van der Waals surface area contributed by atoms with Gasteiger partial charge < -0.3 is 5.32 Å². The van der Waals surface area contributed by atoms with Crippen LogP contribution in [0.2, 0.25) is 0 Å². The highest BCUT2D eigenvalue weighted by molar-refractivity contribution is 7.90. The predicted molar refractivity (Wildman–Crippen MR) is 58.9 cm³/mol. The molecule has 0 spiro atoms. The van der Waals surface area contributed by atoms with Crippen LogP contribution < -0.4 is 5.32 Å². The molecule has 1 rings (SSSR count). The monoisotopic (exact) mass is 247 g/mol. The standard InChI is InChI=1S/C9H10ClNO3S/c1-15(13,14)8-4-2-3-7(5-8)11-9(12)6-10/h2-5H,6H2,1H3,(H,11,12). The zero-order valence-corrected chi connectivity index (χ0v) is 9.60. The summed E-state index contributed by atoms with van der Waals surface area (Å²) in [6.45, 7) is 0. The summed E-state index contributed by atoms with van der Waals surface area (Å²) in [5, 5.41) is 2.47. The third-order valence-electron chi connectivity index (χ3n) is 1.67. The lowest BCUT2D eigenvalue weighted by Gasteiger charge is -2.04. The van der Waals surface area contributed by atoms with Crippen molar-refractivity contribution in [1.82, 2.24) is 0 Å². The van der Waals surface area contributed by atoms with Gasteiger partial charge in [-0.25, -0.2) is 8.42 Å². The number of carbonyl (C=O) groups is 1. The lowest BCUT2D eigenvalue weighted by Crippen LogP contribution is -2.12. The minimum atomic E-state index is -3.25. The number of anilines is 1. The topological polar surface area (TPSA) is 63.2 Å². The van der Waals surface area contributed by atoms with Crippen molar-refractivity contribution in [2.45, 2.75) is 4.90 Å². The molecule has 1 N–H and O–H groups in total. The van der Waals surface area contributed by atoms with E-state index >= 15 is 0 Å². The zero-order chi connectivity index (χ0) is 11.5. The molecule has 0 saturated carbocycles. The van der Waals surface area contributed by atoms with Gasteiger partial charge in [0.2, 0.25) is 5.91 Å². The number of hydrogen-bond acceptors (Lipinski definition) is 3. The largest absolute Gasteiger partial charge is 0.325 e. The van der Waals surface area contributed by atoms with E-state index in [9.17, 15) is 13.2 Å². The molecule has 0 aliphatic carbocycles. The minimum Gasteiger partial charge on any atom is -0.325 e. The van der Waals surface area contributed by atoms with Gasteiger partial charge in [0, 0.05) is 11.9 Å². The lowest BCUT2D eigenvalue weighted by molar-refractivity contribution is -0.113. The number of sulfone groups is 1. The molecule has 4 nitrogen and oxygen atoms in total. The molecule has 0 unspecified atom stereocenters. The average Bonchev–Trinajstić information content (AvgIpc) is 2.17. The third kappa shape index (κ3) is 3.53. The zero-order valence-electron chi connectivity index (χ0n) is 8.03. The van der Waals surface area contributed by atoms with Crippen LogP contribution >= 0.6 is 11.6 Å². The first kappa shape index (κ1) is 12.0. The number of carbonyl (C=O) groups excluding carboxylic acids is 1. The van der Waals surface area contributed by atoms with Crippen LogP contribution in [0.5, 0.6) is 0 Å². The van der Waals surface area contributed by atoms with E-state index in [4.69, 9.17) is 11.6 Å². The van der Waals surface area contributed by atoms with E-state index in [1.165, 1.54) is 12.1 Å². The summed E-state index contributed by atoms with van der Waals surface area (Å²) < 4.78 is 22.4. The Hall–Kier alpha value is -1.07. The Bertz CT molecular complexity index is 470. The predicted octanol–water partition coefficient (Wildman–Crippen LogP) is 1.27. The molecule has 0 bridgehead atoms. The van der Waals surface area contributed by atoms with Crippen LogP contribution in [0.1, 0.15) is 0 Å². The molecular weight excluding hydrogens is 238 g/mol. The Balaban J connectivity index is 2.99. The van der Waals surface area contributed by atoms with Gasteiger partial charge in [0.1, 0.15) is 5.88 Å². The second-order valence-electron chi connectivity index (χ2n) is 2.98. The molecule has 0 aliphatic rings. The normalized spacial score (nSPS) is 11.1. The van der Waals surface area contributed by atoms with Crippen LogP contribution in [0.3, 0.4) is 0 Å². The first-order valence-corrected chi connectivity index (χ1v) is 6.52. The van der Waals surface area contributed by atoms with Crippen molar-refractivity contribution < 1.29 is 13.2 Å². The molecule has 0 aromatic heterocycles. The number of hydrogen-bond donors (Lipinski definition) is 1. The van der Waals surface area contributed by atoms with Crippen LogP contribution in [0.25, 0.3) is 0 Å². The van der Waals surface area contributed by atoms with Gasteiger partial charge in [-0.3, -0.25) is 4.79 Å². The van der Waals surface area contributed by atoms with Gasteiger partial charge >= 0.3 is 0 Å². The van der Waals surface area contributed by atoms with Crippen molar-refractivity contribution in [3.8, 4) is 0 Å². The van der Waals surface area contributed by atoms with Crippen molar-refractivity contribution in [2.24, 2.45) is 0 Å². The maximum absolute atomic E-state index is 11.2. The van der Waals surface area contributed by atoms with Crippen LogP contribution in [0.4, 0.5) is 5.69 Å². The Labute approximate surface area is 93.2 Å². The molecule has 0 atom stereocenters. The van der Waals surface area contributed by atoms with Gasteiger partial charge in [-0.1, -0.05) is 6.07 Å². The fourth-order valence-electron chi connectivity index (χ4n) is 0.999. The molecule has 6 heteroatoms. The maximum atomic E-state index is 11.2. The molecule has 1 aromatic carbocycles. The Morgan fingerprint density at radius 1 is 1.47 bits per heavy atom. The molecule has 82 valence electrons. The highest BCUT2D eigenvalue weighted by atomic mass is 35.5. The van der Waals surface area contributed by atoms with Crippen LogP contribution in [-0.2, 0) is 14.6 Å². The molecule has 0 aliphatic heterocycles. The first-order chi connectivity index (χ1) is 6.93. The number of nitrogens with one attached hydrogen (secondary N) is 1. The molecule has 1 aromatic rings. The number of amides is 1. The molecule has 0 radical (unpaired) electrons. The van der Waals surface area contributed by atoms with Gasteiger partial charge in [-0.05, 0) is 18.2 Å². The summed E-state index contributed by atoms with van der Waals surface area (Å²) in [6.07, 6.45) is 1.11. The van der Waals surface area contributed by atoms with Crippen molar-refractivity contribution in [3.05, 3.63) is 24.3 Å². The fraction of sp³-hybridized carbons (Fsp3) is 0.222.